The first-order valence-electron chi connectivity index (χ1n) is 10.0. The molecule has 1 saturated heterocycles. The van der Waals surface area contributed by atoms with Crippen molar-refractivity contribution in [3.05, 3.63) is 64.7 Å². The van der Waals surface area contributed by atoms with E-state index in [9.17, 15) is 9.18 Å². The zero-order valence-electron chi connectivity index (χ0n) is 16.4. The molecule has 0 atom stereocenters. The van der Waals surface area contributed by atoms with Gasteiger partial charge in [-0.3, -0.25) is 9.69 Å². The van der Waals surface area contributed by atoms with Crippen molar-refractivity contribution in [2.45, 2.75) is 19.9 Å². The van der Waals surface area contributed by atoms with Crippen molar-refractivity contribution in [2.24, 2.45) is 0 Å². The molecule has 0 aliphatic carbocycles. The van der Waals surface area contributed by atoms with Gasteiger partial charge in [0, 0.05) is 50.1 Å². The van der Waals surface area contributed by atoms with E-state index in [-0.39, 0.29) is 11.7 Å². The molecular formula is C23H23FN2O3. The lowest BCUT2D eigenvalue weighted by Crippen LogP contribution is -2.48. The van der Waals surface area contributed by atoms with E-state index >= 15 is 0 Å². The third-order valence-electron chi connectivity index (χ3n) is 5.91. The topological polar surface area (TPSA) is 45.9 Å². The van der Waals surface area contributed by atoms with Crippen LogP contribution in [-0.4, -0.2) is 48.5 Å². The number of furan rings is 1. The first-order valence-corrected chi connectivity index (χ1v) is 10.0. The van der Waals surface area contributed by atoms with E-state index in [1.807, 2.05) is 11.8 Å². The lowest BCUT2D eigenvalue weighted by molar-refractivity contribution is 0.0599. The van der Waals surface area contributed by atoms with E-state index < -0.39 is 0 Å². The number of ether oxygens (including phenoxy) is 1. The van der Waals surface area contributed by atoms with Gasteiger partial charge in [0.1, 0.15) is 17.1 Å². The minimum absolute atomic E-state index is 0.117. The van der Waals surface area contributed by atoms with E-state index in [0.29, 0.717) is 35.4 Å². The fourth-order valence-electron chi connectivity index (χ4n) is 4.25. The number of carbonyl (C=O) groups is 1. The van der Waals surface area contributed by atoms with Crippen molar-refractivity contribution in [3.63, 3.8) is 0 Å². The molecule has 1 amide bonds. The average Bonchev–Trinajstić information content (AvgIpc) is 3.32. The van der Waals surface area contributed by atoms with Crippen LogP contribution in [0.1, 0.15) is 27.2 Å². The first-order chi connectivity index (χ1) is 14.1. The largest absolute Gasteiger partial charge is 0.493 e. The van der Waals surface area contributed by atoms with Crippen LogP contribution in [0.4, 0.5) is 4.39 Å². The van der Waals surface area contributed by atoms with Gasteiger partial charge in [0.05, 0.1) is 6.61 Å². The van der Waals surface area contributed by atoms with Gasteiger partial charge in [-0.2, -0.15) is 0 Å². The summed E-state index contributed by atoms with van der Waals surface area (Å²) < 4.78 is 24.9. The lowest BCUT2D eigenvalue weighted by atomic mass is 10.1. The Balaban J connectivity index is 1.25. The molecule has 2 aromatic carbocycles. The molecule has 3 aromatic rings. The maximum absolute atomic E-state index is 13.5. The van der Waals surface area contributed by atoms with Crippen molar-refractivity contribution in [1.82, 2.24) is 9.80 Å². The van der Waals surface area contributed by atoms with Gasteiger partial charge in [0.25, 0.3) is 5.91 Å². The third-order valence-corrected chi connectivity index (χ3v) is 5.91. The Morgan fingerprint density at radius 3 is 2.76 bits per heavy atom. The zero-order valence-corrected chi connectivity index (χ0v) is 16.4. The molecule has 2 aliphatic rings. The average molecular weight is 394 g/mol. The number of piperazine rings is 1. The number of aryl methyl sites for hydroxylation is 1. The van der Waals surface area contributed by atoms with Crippen LogP contribution in [0.25, 0.3) is 11.0 Å². The minimum Gasteiger partial charge on any atom is -0.493 e. The summed E-state index contributed by atoms with van der Waals surface area (Å²) >= 11 is 0. The molecule has 1 fully saturated rings. The second-order valence-corrected chi connectivity index (χ2v) is 7.81. The molecule has 150 valence electrons. The summed E-state index contributed by atoms with van der Waals surface area (Å²) in [5.41, 5.74) is 3.82. The van der Waals surface area contributed by atoms with Crippen LogP contribution in [-0.2, 0) is 13.0 Å². The van der Waals surface area contributed by atoms with Gasteiger partial charge in [0.15, 0.2) is 5.76 Å². The van der Waals surface area contributed by atoms with E-state index in [1.165, 1.54) is 23.3 Å². The number of benzene rings is 2. The number of halogens is 1. The first kappa shape index (κ1) is 18.2. The predicted octanol–water partition coefficient (Wildman–Crippen LogP) is 3.77. The summed E-state index contributed by atoms with van der Waals surface area (Å²) in [5.74, 6) is 0.878. The summed E-state index contributed by atoms with van der Waals surface area (Å²) in [6, 6.07) is 10.8. The van der Waals surface area contributed by atoms with Gasteiger partial charge in [-0.25, -0.2) is 4.39 Å². The second-order valence-electron chi connectivity index (χ2n) is 7.81. The Labute approximate surface area is 168 Å². The number of carbonyl (C=O) groups excluding carboxylic acids is 1. The highest BCUT2D eigenvalue weighted by molar-refractivity contribution is 5.99. The van der Waals surface area contributed by atoms with Crippen molar-refractivity contribution in [3.8, 4) is 5.75 Å². The molecule has 0 spiro atoms. The van der Waals surface area contributed by atoms with Crippen LogP contribution in [0.3, 0.4) is 0 Å². The molecule has 2 aliphatic heterocycles. The molecule has 0 bridgehead atoms. The standard InChI is InChI=1S/C23H23FN2O3/c1-15-19-13-18(24)3-5-21(19)29-22(15)23(27)26-9-7-25(8-10-26)14-16-2-4-20-17(12-16)6-11-28-20/h2-5,12-13H,6-11,14H2,1H3. The van der Waals surface area contributed by atoms with Gasteiger partial charge in [-0.05, 0) is 42.3 Å². The Bertz CT molecular complexity index is 1080. The molecule has 0 N–H and O–H groups in total. The highest BCUT2D eigenvalue weighted by Gasteiger charge is 2.27. The molecule has 0 unspecified atom stereocenters. The molecular weight excluding hydrogens is 371 g/mol. The van der Waals surface area contributed by atoms with E-state index in [1.54, 1.807) is 6.07 Å². The van der Waals surface area contributed by atoms with Gasteiger partial charge < -0.3 is 14.1 Å². The highest BCUT2D eigenvalue weighted by atomic mass is 19.1. The zero-order chi connectivity index (χ0) is 20.0. The Morgan fingerprint density at radius 1 is 1.10 bits per heavy atom. The maximum atomic E-state index is 13.5. The number of amides is 1. The van der Waals surface area contributed by atoms with Crippen LogP contribution in [0.15, 0.2) is 40.8 Å². The van der Waals surface area contributed by atoms with Crippen LogP contribution in [0, 0.1) is 12.7 Å². The SMILES string of the molecule is Cc1c(C(=O)N2CCN(Cc3ccc4c(c3)CCO4)CC2)oc2ccc(F)cc12. The number of hydrogen-bond acceptors (Lipinski definition) is 4. The molecule has 0 saturated carbocycles. The monoisotopic (exact) mass is 394 g/mol. The smallest absolute Gasteiger partial charge is 0.289 e. The maximum Gasteiger partial charge on any atom is 0.289 e. The Hall–Kier alpha value is -2.86. The van der Waals surface area contributed by atoms with Gasteiger partial charge in [-0.1, -0.05) is 12.1 Å². The van der Waals surface area contributed by atoms with E-state index in [2.05, 4.69) is 23.1 Å². The highest BCUT2D eigenvalue weighted by Crippen LogP contribution is 2.28. The number of fused-ring (bicyclic) bond motifs is 2. The summed E-state index contributed by atoms with van der Waals surface area (Å²) in [5, 5.41) is 0.660. The van der Waals surface area contributed by atoms with E-state index in [0.717, 1.165) is 38.4 Å². The molecule has 5 nitrogen and oxygen atoms in total. The van der Waals surface area contributed by atoms with Crippen LogP contribution < -0.4 is 4.74 Å². The van der Waals surface area contributed by atoms with Crippen LogP contribution in [0.5, 0.6) is 5.75 Å². The summed E-state index contributed by atoms with van der Waals surface area (Å²) in [7, 11) is 0. The third kappa shape index (κ3) is 3.38. The van der Waals surface area contributed by atoms with Crippen molar-refractivity contribution < 1.29 is 18.3 Å². The summed E-state index contributed by atoms with van der Waals surface area (Å²) in [6.45, 7) is 6.38. The minimum atomic E-state index is -0.327. The van der Waals surface area contributed by atoms with Crippen LogP contribution in [0.2, 0.25) is 0 Å². The lowest BCUT2D eigenvalue weighted by Gasteiger charge is -2.34. The summed E-state index contributed by atoms with van der Waals surface area (Å²) in [6.07, 6.45) is 0.978. The van der Waals surface area contributed by atoms with Crippen molar-refractivity contribution in [1.29, 1.82) is 0 Å². The quantitative estimate of drug-likeness (QED) is 0.678. The number of hydrogen-bond donors (Lipinski definition) is 0. The Morgan fingerprint density at radius 2 is 1.93 bits per heavy atom. The second kappa shape index (κ2) is 7.19. The van der Waals surface area contributed by atoms with Crippen LogP contribution >= 0.6 is 0 Å². The number of nitrogens with zero attached hydrogens (tertiary/aromatic N) is 2. The predicted molar refractivity (Wildman–Crippen MR) is 108 cm³/mol. The molecule has 1 aromatic heterocycles. The van der Waals surface area contributed by atoms with E-state index in [4.69, 9.17) is 9.15 Å². The molecule has 3 heterocycles. The van der Waals surface area contributed by atoms with Crippen molar-refractivity contribution >= 4 is 16.9 Å². The van der Waals surface area contributed by atoms with Gasteiger partial charge in [0.2, 0.25) is 0 Å². The number of rotatable bonds is 3. The Kier molecular flexibility index (Phi) is 4.51. The van der Waals surface area contributed by atoms with Crippen molar-refractivity contribution in [2.75, 3.05) is 32.8 Å². The molecule has 0 radical (unpaired) electrons. The summed E-state index contributed by atoms with van der Waals surface area (Å²) in [4.78, 5) is 17.2. The fraction of sp³-hybridized carbons (Fsp3) is 0.348. The molecule has 6 heteroatoms. The van der Waals surface area contributed by atoms with Gasteiger partial charge in [-0.15, -0.1) is 0 Å². The fourth-order valence-corrected chi connectivity index (χ4v) is 4.25. The molecule has 29 heavy (non-hydrogen) atoms. The van der Waals surface area contributed by atoms with Gasteiger partial charge >= 0.3 is 0 Å². The normalized spacial score (nSPS) is 16.8. The molecule has 5 rings (SSSR count).